The second-order valence-electron chi connectivity index (χ2n) is 3.94. The van der Waals surface area contributed by atoms with Crippen molar-refractivity contribution in [3.8, 4) is 0 Å². The highest BCUT2D eigenvalue weighted by Crippen LogP contribution is 2.28. The molecule has 0 aliphatic carbocycles. The maximum absolute atomic E-state index is 13.3. The van der Waals surface area contributed by atoms with Gasteiger partial charge in [0.2, 0.25) is 0 Å². The Balaban J connectivity index is 2.33. The van der Waals surface area contributed by atoms with E-state index in [4.69, 9.17) is 5.11 Å². The van der Waals surface area contributed by atoms with Crippen LogP contribution < -0.4 is 0 Å². The smallest absolute Gasteiger partial charge is 0.338 e. The Bertz CT molecular complexity index is 626. The van der Waals surface area contributed by atoms with Gasteiger partial charge in [-0.2, -0.15) is 0 Å². The molecule has 2 aromatic rings. The van der Waals surface area contributed by atoms with E-state index in [2.05, 4.69) is 9.97 Å². The number of halogens is 1. The van der Waals surface area contributed by atoms with Crippen LogP contribution in [0.2, 0.25) is 0 Å². The van der Waals surface area contributed by atoms with Gasteiger partial charge in [-0.05, 0) is 38.1 Å². The summed E-state index contributed by atoms with van der Waals surface area (Å²) in [4.78, 5) is 19.9. The van der Waals surface area contributed by atoms with Crippen molar-refractivity contribution in [2.75, 3.05) is 0 Å². The molecule has 0 fully saturated rings. The van der Waals surface area contributed by atoms with Crippen LogP contribution >= 0.6 is 11.8 Å². The third-order valence-electron chi connectivity index (χ3n) is 2.33. The fourth-order valence-electron chi connectivity index (χ4n) is 1.59. The molecule has 0 saturated carbocycles. The number of aromatic carboxylic acids is 1. The third kappa shape index (κ3) is 3.29. The maximum Gasteiger partial charge on any atom is 0.338 e. The normalized spacial score (nSPS) is 10.5. The fraction of sp³-hybridized carbons (Fsp3) is 0.154. The van der Waals surface area contributed by atoms with E-state index in [9.17, 15) is 9.18 Å². The minimum absolute atomic E-state index is 0.340. The van der Waals surface area contributed by atoms with Crippen molar-refractivity contribution in [1.82, 2.24) is 9.97 Å². The molecular formula is C13H11FN2O2S. The molecule has 1 aromatic heterocycles. The van der Waals surface area contributed by atoms with Gasteiger partial charge in [-0.25, -0.2) is 19.2 Å². The van der Waals surface area contributed by atoms with E-state index in [1.54, 1.807) is 13.0 Å². The molecule has 0 spiro atoms. The summed E-state index contributed by atoms with van der Waals surface area (Å²) >= 11 is 1.28. The predicted molar refractivity (Wildman–Crippen MR) is 69.0 cm³/mol. The van der Waals surface area contributed by atoms with Gasteiger partial charge in [0.1, 0.15) is 16.7 Å². The largest absolute Gasteiger partial charge is 0.478 e. The Morgan fingerprint density at radius 3 is 2.63 bits per heavy atom. The van der Waals surface area contributed by atoms with E-state index >= 15 is 0 Å². The van der Waals surface area contributed by atoms with Crippen LogP contribution in [-0.4, -0.2) is 21.0 Å². The monoisotopic (exact) mass is 278 g/mol. The number of nitrogens with zero attached hydrogens (tertiary/aromatic N) is 2. The van der Waals surface area contributed by atoms with Gasteiger partial charge in [-0.1, -0.05) is 11.8 Å². The average Bonchev–Trinajstić information content (AvgIpc) is 2.30. The molecule has 2 rings (SSSR count). The van der Waals surface area contributed by atoms with Crippen LogP contribution in [0.4, 0.5) is 4.39 Å². The quantitative estimate of drug-likeness (QED) is 0.874. The van der Waals surface area contributed by atoms with Crippen LogP contribution in [-0.2, 0) is 0 Å². The Kier molecular flexibility index (Phi) is 3.80. The molecular weight excluding hydrogens is 267 g/mol. The third-order valence-corrected chi connectivity index (χ3v) is 3.24. The summed E-state index contributed by atoms with van der Waals surface area (Å²) < 4.78 is 13.3. The number of hydrogen-bond acceptors (Lipinski definition) is 4. The molecule has 98 valence electrons. The van der Waals surface area contributed by atoms with E-state index in [-0.39, 0.29) is 5.56 Å². The Morgan fingerprint density at radius 2 is 2.00 bits per heavy atom. The van der Waals surface area contributed by atoms with Crippen molar-refractivity contribution in [3.05, 3.63) is 47.2 Å². The Labute approximate surface area is 113 Å². The van der Waals surface area contributed by atoms with E-state index in [1.807, 2.05) is 6.92 Å². The average molecular weight is 278 g/mol. The maximum atomic E-state index is 13.3. The Hall–Kier alpha value is -1.95. The Morgan fingerprint density at radius 1 is 1.26 bits per heavy atom. The molecule has 0 bridgehead atoms. The van der Waals surface area contributed by atoms with Gasteiger partial charge < -0.3 is 5.11 Å². The number of carbonyl (C=O) groups is 1. The molecule has 1 aromatic carbocycles. The first-order valence-electron chi connectivity index (χ1n) is 5.48. The summed E-state index contributed by atoms with van der Waals surface area (Å²) in [6, 6.07) is 5.77. The van der Waals surface area contributed by atoms with Gasteiger partial charge in [0.25, 0.3) is 0 Å². The van der Waals surface area contributed by atoms with Crippen molar-refractivity contribution in [1.29, 1.82) is 0 Å². The van der Waals surface area contributed by atoms with Crippen LogP contribution in [0.5, 0.6) is 0 Å². The number of rotatable bonds is 3. The second kappa shape index (κ2) is 5.36. The van der Waals surface area contributed by atoms with E-state index in [1.165, 1.54) is 23.9 Å². The number of aryl methyl sites for hydroxylation is 2. The summed E-state index contributed by atoms with van der Waals surface area (Å²) in [5.41, 5.74) is 0.489. The zero-order valence-corrected chi connectivity index (χ0v) is 11.2. The standard InChI is InChI=1S/C13H11FN2O2S/c1-7-5-12(16-8(2)15-7)19-9-3-4-11(14)10(6-9)13(17)18/h3-6H,1-2H3,(H,17,18). The molecule has 0 amide bonds. The minimum Gasteiger partial charge on any atom is -0.478 e. The van der Waals surface area contributed by atoms with Gasteiger partial charge in [0.05, 0.1) is 5.56 Å². The lowest BCUT2D eigenvalue weighted by atomic mass is 10.2. The minimum atomic E-state index is -1.28. The summed E-state index contributed by atoms with van der Waals surface area (Å²) in [5, 5.41) is 9.57. The van der Waals surface area contributed by atoms with Crippen LogP contribution in [0.15, 0.2) is 34.2 Å². The van der Waals surface area contributed by atoms with E-state index in [0.29, 0.717) is 15.7 Å². The van der Waals surface area contributed by atoms with Crippen LogP contribution in [0.25, 0.3) is 0 Å². The molecule has 0 unspecified atom stereocenters. The molecule has 0 aliphatic heterocycles. The first-order chi connectivity index (χ1) is 8.95. The van der Waals surface area contributed by atoms with Crippen molar-refractivity contribution >= 4 is 17.7 Å². The predicted octanol–water partition coefficient (Wildman–Crippen LogP) is 3.08. The van der Waals surface area contributed by atoms with Crippen molar-refractivity contribution in [2.24, 2.45) is 0 Å². The molecule has 19 heavy (non-hydrogen) atoms. The summed E-state index contributed by atoms with van der Waals surface area (Å²) in [7, 11) is 0. The van der Waals surface area contributed by atoms with Crippen molar-refractivity contribution in [3.63, 3.8) is 0 Å². The highest BCUT2D eigenvalue weighted by molar-refractivity contribution is 7.99. The molecule has 0 aliphatic rings. The molecule has 4 nitrogen and oxygen atoms in total. The van der Waals surface area contributed by atoms with Gasteiger partial charge in [-0.15, -0.1) is 0 Å². The van der Waals surface area contributed by atoms with E-state index < -0.39 is 11.8 Å². The molecule has 1 N–H and O–H groups in total. The highest BCUT2D eigenvalue weighted by Gasteiger charge is 2.12. The molecule has 0 saturated heterocycles. The first-order valence-corrected chi connectivity index (χ1v) is 6.30. The highest BCUT2D eigenvalue weighted by atomic mass is 32.2. The van der Waals surface area contributed by atoms with Crippen LogP contribution in [0.1, 0.15) is 21.9 Å². The van der Waals surface area contributed by atoms with Crippen molar-refractivity contribution < 1.29 is 14.3 Å². The lowest BCUT2D eigenvalue weighted by Crippen LogP contribution is -2.00. The summed E-state index contributed by atoms with van der Waals surface area (Å²) in [6.07, 6.45) is 0. The van der Waals surface area contributed by atoms with Gasteiger partial charge in [-0.3, -0.25) is 0 Å². The lowest BCUT2D eigenvalue weighted by Gasteiger charge is -2.05. The van der Waals surface area contributed by atoms with Crippen LogP contribution in [0, 0.1) is 19.7 Å². The zero-order chi connectivity index (χ0) is 14.0. The SMILES string of the molecule is Cc1cc(Sc2ccc(F)c(C(=O)O)c2)nc(C)n1. The number of hydrogen-bond donors (Lipinski definition) is 1. The summed E-state index contributed by atoms with van der Waals surface area (Å²) in [6.45, 7) is 3.64. The fourth-order valence-corrected chi connectivity index (χ4v) is 2.55. The topological polar surface area (TPSA) is 63.1 Å². The van der Waals surface area contributed by atoms with Gasteiger partial charge in [0, 0.05) is 10.6 Å². The first kappa shape index (κ1) is 13.5. The zero-order valence-electron chi connectivity index (χ0n) is 10.3. The number of aromatic nitrogens is 2. The number of carboxylic acids is 1. The van der Waals surface area contributed by atoms with E-state index in [0.717, 1.165) is 11.8 Å². The number of carboxylic acid groups (broad SMARTS) is 1. The van der Waals surface area contributed by atoms with Gasteiger partial charge >= 0.3 is 5.97 Å². The van der Waals surface area contributed by atoms with Gasteiger partial charge in [0.15, 0.2) is 0 Å². The van der Waals surface area contributed by atoms with Crippen LogP contribution in [0.3, 0.4) is 0 Å². The molecule has 1 heterocycles. The van der Waals surface area contributed by atoms with Crippen molar-refractivity contribution in [2.45, 2.75) is 23.8 Å². The molecule has 0 radical (unpaired) electrons. The second-order valence-corrected chi connectivity index (χ2v) is 5.04. The lowest BCUT2D eigenvalue weighted by molar-refractivity contribution is 0.0691. The molecule has 6 heteroatoms. The summed E-state index contributed by atoms with van der Waals surface area (Å²) in [5.74, 6) is -1.38. The number of benzene rings is 1. The molecule has 0 atom stereocenters.